The van der Waals surface area contributed by atoms with E-state index in [4.69, 9.17) is 11.6 Å². The van der Waals surface area contributed by atoms with E-state index in [1.54, 1.807) is 18.3 Å². The third kappa shape index (κ3) is 2.80. The average Bonchev–Trinajstić information content (AvgIpc) is 3.34. The molecule has 2 heterocycles. The largest absolute Gasteiger partial charge is 0.411 e. The van der Waals surface area contributed by atoms with Crippen LogP contribution in [-0.2, 0) is 12.8 Å². The zero-order valence-electron chi connectivity index (χ0n) is 12.8. The molecular weight excluding hydrogens is 329 g/mol. The van der Waals surface area contributed by atoms with Gasteiger partial charge in [0.25, 0.3) is 0 Å². The van der Waals surface area contributed by atoms with Gasteiger partial charge in [0.05, 0.1) is 10.7 Å². The highest BCUT2D eigenvalue weighted by Crippen LogP contribution is 2.38. The average molecular weight is 344 g/mol. The highest BCUT2D eigenvalue weighted by molar-refractivity contribution is 6.30. The second kappa shape index (κ2) is 5.98. The van der Waals surface area contributed by atoms with E-state index in [-0.39, 0.29) is 5.02 Å². The molecule has 0 bridgehead atoms. The molecule has 2 aliphatic rings. The summed E-state index contributed by atoms with van der Waals surface area (Å²) >= 11 is 5.84. The van der Waals surface area contributed by atoms with E-state index < -0.39 is 5.82 Å². The molecule has 1 aromatic carbocycles. The van der Waals surface area contributed by atoms with Crippen LogP contribution >= 0.6 is 11.6 Å². The van der Waals surface area contributed by atoms with Gasteiger partial charge in [-0.15, -0.1) is 0 Å². The van der Waals surface area contributed by atoms with Gasteiger partial charge in [-0.1, -0.05) is 22.8 Å². The molecule has 2 aromatic rings. The first kappa shape index (κ1) is 15.3. The molecule has 0 amide bonds. The SMILES string of the molecule is O/N=C(\Cc1ccc(F)c(Cl)c1)c1ccnc2c1CC(C1CC1)=N2. The monoisotopic (exact) mass is 343 g/mol. The van der Waals surface area contributed by atoms with Crippen molar-refractivity contribution in [3.8, 4) is 0 Å². The van der Waals surface area contributed by atoms with Crippen molar-refractivity contribution in [1.82, 2.24) is 4.98 Å². The highest BCUT2D eigenvalue weighted by atomic mass is 35.5. The summed E-state index contributed by atoms with van der Waals surface area (Å²) in [6.07, 6.45) is 5.17. The summed E-state index contributed by atoms with van der Waals surface area (Å²) in [4.78, 5) is 8.96. The topological polar surface area (TPSA) is 57.8 Å². The molecule has 4 nitrogen and oxygen atoms in total. The number of rotatable bonds is 4. The predicted molar refractivity (Wildman–Crippen MR) is 91.2 cm³/mol. The lowest BCUT2D eigenvalue weighted by Crippen LogP contribution is -2.10. The van der Waals surface area contributed by atoms with Gasteiger partial charge < -0.3 is 5.21 Å². The molecule has 0 radical (unpaired) electrons. The van der Waals surface area contributed by atoms with Crippen molar-refractivity contribution < 1.29 is 9.60 Å². The number of halogens is 2. The minimum atomic E-state index is -0.463. The Morgan fingerprint density at radius 2 is 2.17 bits per heavy atom. The fraction of sp³-hybridized carbons (Fsp3) is 0.278. The first-order chi connectivity index (χ1) is 11.7. The summed E-state index contributed by atoms with van der Waals surface area (Å²) in [5.41, 5.74) is 4.29. The van der Waals surface area contributed by atoms with Gasteiger partial charge in [-0.2, -0.15) is 0 Å². The summed E-state index contributed by atoms with van der Waals surface area (Å²) < 4.78 is 13.3. The Kier molecular flexibility index (Phi) is 3.81. The minimum absolute atomic E-state index is 0.0594. The lowest BCUT2D eigenvalue weighted by molar-refractivity contribution is 0.318. The van der Waals surface area contributed by atoms with Gasteiger partial charge in [0.1, 0.15) is 5.82 Å². The number of hydrogen-bond acceptors (Lipinski definition) is 4. The maximum Gasteiger partial charge on any atom is 0.155 e. The number of aliphatic imine (C=N–C) groups is 1. The molecule has 24 heavy (non-hydrogen) atoms. The van der Waals surface area contributed by atoms with E-state index in [2.05, 4.69) is 15.1 Å². The highest BCUT2D eigenvalue weighted by Gasteiger charge is 2.32. The molecule has 1 saturated carbocycles. The second-order valence-corrected chi connectivity index (χ2v) is 6.59. The number of fused-ring (bicyclic) bond motifs is 1. The van der Waals surface area contributed by atoms with E-state index in [9.17, 15) is 9.60 Å². The van der Waals surface area contributed by atoms with Crippen molar-refractivity contribution in [2.45, 2.75) is 25.7 Å². The predicted octanol–water partition coefficient (Wildman–Crippen LogP) is 4.33. The molecule has 0 atom stereocenters. The minimum Gasteiger partial charge on any atom is -0.411 e. The van der Waals surface area contributed by atoms with Gasteiger partial charge in [-0.3, -0.25) is 0 Å². The Morgan fingerprint density at radius 3 is 2.88 bits per heavy atom. The van der Waals surface area contributed by atoms with Crippen LogP contribution in [0.5, 0.6) is 0 Å². The third-order valence-electron chi connectivity index (χ3n) is 4.48. The smallest absolute Gasteiger partial charge is 0.155 e. The standard InChI is InChI=1S/C18H15ClFN3O/c19-14-7-10(1-4-15(14)20)8-17(23-24)12-5-6-21-18-13(12)9-16(22-18)11-2-3-11/h1,4-7,11,24H,2-3,8-9H2/b23-17+. The number of aromatic nitrogens is 1. The maximum absolute atomic E-state index is 13.3. The van der Waals surface area contributed by atoms with Gasteiger partial charge in [0.15, 0.2) is 5.82 Å². The van der Waals surface area contributed by atoms with Crippen LogP contribution in [0.4, 0.5) is 10.2 Å². The van der Waals surface area contributed by atoms with E-state index >= 15 is 0 Å². The summed E-state index contributed by atoms with van der Waals surface area (Å²) in [5.74, 6) is 0.834. The van der Waals surface area contributed by atoms with Crippen LogP contribution in [0, 0.1) is 11.7 Å². The van der Waals surface area contributed by atoms with Gasteiger partial charge >= 0.3 is 0 Å². The molecule has 4 rings (SSSR count). The zero-order chi connectivity index (χ0) is 16.7. The van der Waals surface area contributed by atoms with Crippen molar-refractivity contribution in [1.29, 1.82) is 0 Å². The van der Waals surface area contributed by atoms with Crippen molar-refractivity contribution in [3.63, 3.8) is 0 Å². The maximum atomic E-state index is 13.3. The number of nitrogens with zero attached hydrogens (tertiary/aromatic N) is 3. The zero-order valence-corrected chi connectivity index (χ0v) is 13.6. The Hall–Kier alpha value is -2.27. The fourth-order valence-electron chi connectivity index (χ4n) is 3.06. The molecule has 0 spiro atoms. The Labute approximate surface area is 143 Å². The number of pyridine rings is 1. The van der Waals surface area contributed by atoms with E-state index in [1.165, 1.54) is 24.6 Å². The molecule has 0 saturated heterocycles. The Balaban J connectivity index is 1.64. The molecule has 122 valence electrons. The molecule has 0 unspecified atom stereocenters. The number of benzene rings is 1. The summed E-state index contributed by atoms with van der Waals surface area (Å²) in [6.45, 7) is 0. The lowest BCUT2D eigenvalue weighted by Gasteiger charge is -2.10. The molecule has 1 aromatic heterocycles. The summed E-state index contributed by atoms with van der Waals surface area (Å²) in [7, 11) is 0. The van der Waals surface area contributed by atoms with Crippen LogP contribution < -0.4 is 0 Å². The van der Waals surface area contributed by atoms with Crippen LogP contribution in [0.2, 0.25) is 5.02 Å². The number of hydrogen-bond donors (Lipinski definition) is 1. The number of oxime groups is 1. The molecule has 1 aliphatic heterocycles. The van der Waals surface area contributed by atoms with Crippen molar-refractivity contribution in [3.05, 3.63) is 58.0 Å². The molecule has 1 N–H and O–H groups in total. The van der Waals surface area contributed by atoms with Crippen LogP contribution in [0.25, 0.3) is 0 Å². The van der Waals surface area contributed by atoms with E-state index in [1.807, 2.05) is 6.07 Å². The molecule has 1 fully saturated rings. The van der Waals surface area contributed by atoms with Crippen LogP contribution in [0.1, 0.15) is 29.5 Å². The molecule has 6 heteroatoms. The Morgan fingerprint density at radius 1 is 1.33 bits per heavy atom. The lowest BCUT2D eigenvalue weighted by atomic mass is 9.96. The molecule has 1 aliphatic carbocycles. The first-order valence-electron chi connectivity index (χ1n) is 7.86. The van der Waals surface area contributed by atoms with Gasteiger partial charge in [0.2, 0.25) is 0 Å². The van der Waals surface area contributed by atoms with Crippen molar-refractivity contribution in [2.75, 3.05) is 0 Å². The fourth-order valence-corrected chi connectivity index (χ4v) is 3.26. The van der Waals surface area contributed by atoms with Crippen LogP contribution in [0.3, 0.4) is 0 Å². The quantitative estimate of drug-likeness (QED) is 0.510. The van der Waals surface area contributed by atoms with Crippen molar-refractivity contribution in [2.24, 2.45) is 16.1 Å². The summed E-state index contributed by atoms with van der Waals surface area (Å²) in [6, 6.07) is 6.35. The molecular formula is C18H15ClFN3O. The summed E-state index contributed by atoms with van der Waals surface area (Å²) in [5, 5.41) is 13.0. The van der Waals surface area contributed by atoms with Gasteiger partial charge in [-0.05, 0) is 42.5 Å². The van der Waals surface area contributed by atoms with Gasteiger partial charge in [-0.25, -0.2) is 14.4 Å². The van der Waals surface area contributed by atoms with Crippen LogP contribution in [0.15, 0.2) is 40.6 Å². The van der Waals surface area contributed by atoms with E-state index in [0.29, 0.717) is 23.9 Å². The van der Waals surface area contributed by atoms with Crippen molar-refractivity contribution >= 4 is 28.8 Å². The van der Waals surface area contributed by atoms with E-state index in [0.717, 1.165) is 23.1 Å². The third-order valence-corrected chi connectivity index (χ3v) is 4.77. The van der Waals surface area contributed by atoms with Crippen LogP contribution in [-0.4, -0.2) is 21.6 Å². The normalized spacial score (nSPS) is 16.9. The van der Waals surface area contributed by atoms with Gasteiger partial charge in [0, 0.05) is 35.9 Å². The second-order valence-electron chi connectivity index (χ2n) is 6.19. The first-order valence-corrected chi connectivity index (χ1v) is 8.24. The Bertz CT molecular complexity index is 875.